The van der Waals surface area contributed by atoms with Crippen molar-refractivity contribution in [3.05, 3.63) is 57.1 Å². The lowest BCUT2D eigenvalue weighted by molar-refractivity contribution is 0.102. The lowest BCUT2D eigenvalue weighted by atomic mass is 10.2. The van der Waals surface area contributed by atoms with Gasteiger partial charge in [0, 0.05) is 23.3 Å². The second-order valence-electron chi connectivity index (χ2n) is 5.11. The minimum atomic E-state index is -0.559. The molecule has 0 aliphatic rings. The van der Waals surface area contributed by atoms with E-state index in [1.54, 1.807) is 0 Å². The van der Waals surface area contributed by atoms with Crippen LogP contribution in [0.15, 0.2) is 24.3 Å². The topological polar surface area (TPSA) is 27.7 Å². The Labute approximate surface area is 155 Å². The zero-order chi connectivity index (χ0) is 18.4. The monoisotopic (exact) mass is 390 g/mol. The Morgan fingerprint density at radius 3 is 1.52 bits per heavy atom. The number of hydrogen-bond donors (Lipinski definition) is 0. The van der Waals surface area contributed by atoms with E-state index in [0.29, 0.717) is 35.8 Å². The fourth-order valence-electron chi connectivity index (χ4n) is 2.22. The Morgan fingerprint density at radius 1 is 0.760 bits per heavy atom. The van der Waals surface area contributed by atoms with Crippen LogP contribution in [-0.4, -0.2) is 13.2 Å². The molecule has 0 aliphatic carbocycles. The summed E-state index contributed by atoms with van der Waals surface area (Å²) in [5, 5.41) is -0.0452. The van der Waals surface area contributed by atoms with E-state index in [1.165, 1.54) is 24.3 Å². The van der Waals surface area contributed by atoms with Crippen molar-refractivity contribution in [2.75, 3.05) is 13.2 Å². The van der Waals surface area contributed by atoms with E-state index in [-0.39, 0.29) is 23.3 Å². The molecule has 0 saturated heterocycles. The lowest BCUT2D eigenvalue weighted by Gasteiger charge is -2.14. The average Bonchev–Trinajstić information content (AvgIpc) is 2.56. The lowest BCUT2D eigenvalue weighted by Crippen LogP contribution is -2.03. The maximum Gasteiger partial charge on any atom is 0.142 e. The van der Waals surface area contributed by atoms with Crippen molar-refractivity contribution in [1.29, 1.82) is 0 Å². The molecule has 2 aromatic rings. The van der Waals surface area contributed by atoms with Crippen molar-refractivity contribution in [3.63, 3.8) is 0 Å². The van der Waals surface area contributed by atoms with Crippen molar-refractivity contribution in [3.8, 4) is 11.5 Å². The van der Waals surface area contributed by atoms with Crippen LogP contribution >= 0.6 is 23.2 Å². The summed E-state index contributed by atoms with van der Waals surface area (Å²) in [6, 6.07) is 5.35. The Bertz CT molecular complexity index is 677. The van der Waals surface area contributed by atoms with Gasteiger partial charge < -0.3 is 14.2 Å². The van der Waals surface area contributed by atoms with Gasteiger partial charge in [-0.15, -0.1) is 0 Å². The second kappa shape index (κ2) is 9.22. The maximum absolute atomic E-state index is 13.7. The zero-order valence-corrected chi connectivity index (χ0v) is 15.4. The number of halogens is 4. The molecular weight excluding hydrogens is 373 g/mol. The van der Waals surface area contributed by atoms with E-state index in [2.05, 4.69) is 0 Å². The van der Waals surface area contributed by atoms with Crippen molar-refractivity contribution >= 4 is 23.2 Å². The van der Waals surface area contributed by atoms with Crippen molar-refractivity contribution < 1.29 is 23.0 Å². The molecule has 0 bridgehead atoms. The molecule has 3 nitrogen and oxygen atoms in total. The summed E-state index contributed by atoms with van der Waals surface area (Å²) < 4.78 is 43.8. The maximum atomic E-state index is 13.7. The van der Waals surface area contributed by atoms with Gasteiger partial charge in [0.1, 0.15) is 23.1 Å². The molecule has 0 radical (unpaired) electrons. The van der Waals surface area contributed by atoms with Crippen LogP contribution in [0.1, 0.15) is 25.0 Å². The molecule has 25 heavy (non-hydrogen) atoms. The zero-order valence-electron chi connectivity index (χ0n) is 13.9. The third-order valence-electron chi connectivity index (χ3n) is 3.32. The first-order valence-electron chi connectivity index (χ1n) is 7.75. The van der Waals surface area contributed by atoms with Crippen molar-refractivity contribution in [1.82, 2.24) is 0 Å². The summed E-state index contributed by atoms with van der Waals surface area (Å²) in [7, 11) is 0. The van der Waals surface area contributed by atoms with E-state index in [4.69, 9.17) is 37.4 Å². The smallest absolute Gasteiger partial charge is 0.142 e. The van der Waals surface area contributed by atoms with Crippen LogP contribution in [-0.2, 0) is 18.0 Å². The summed E-state index contributed by atoms with van der Waals surface area (Å²) in [4.78, 5) is 0. The molecule has 0 amide bonds. The first-order valence-corrected chi connectivity index (χ1v) is 8.51. The predicted octanol–water partition coefficient (Wildman–Crippen LogP) is 5.79. The molecule has 0 aliphatic heterocycles. The van der Waals surface area contributed by atoms with E-state index in [9.17, 15) is 8.78 Å². The van der Waals surface area contributed by atoms with Gasteiger partial charge >= 0.3 is 0 Å². The molecule has 0 unspecified atom stereocenters. The number of hydrogen-bond acceptors (Lipinski definition) is 3. The Balaban J connectivity index is 2.13. The highest BCUT2D eigenvalue weighted by Crippen LogP contribution is 2.29. The number of benzene rings is 2. The van der Waals surface area contributed by atoms with E-state index in [0.717, 1.165) is 0 Å². The van der Waals surface area contributed by atoms with Gasteiger partial charge in [-0.05, 0) is 26.0 Å². The normalized spacial score (nSPS) is 10.8. The first-order chi connectivity index (χ1) is 12.0. The molecule has 0 atom stereocenters. The summed E-state index contributed by atoms with van der Waals surface area (Å²) in [5.74, 6) is -0.227. The van der Waals surface area contributed by atoms with Gasteiger partial charge in [-0.25, -0.2) is 8.78 Å². The third-order valence-corrected chi connectivity index (χ3v) is 3.90. The summed E-state index contributed by atoms with van der Waals surface area (Å²) >= 11 is 11.5. The molecule has 0 N–H and O–H groups in total. The van der Waals surface area contributed by atoms with E-state index in [1.807, 2.05) is 13.8 Å². The summed E-state index contributed by atoms with van der Waals surface area (Å²) in [5.41, 5.74) is 1.02. The van der Waals surface area contributed by atoms with E-state index < -0.39 is 11.6 Å². The Morgan fingerprint density at radius 2 is 1.16 bits per heavy atom. The van der Waals surface area contributed by atoms with Crippen molar-refractivity contribution in [2.45, 2.75) is 27.1 Å². The first kappa shape index (κ1) is 19.8. The van der Waals surface area contributed by atoms with E-state index >= 15 is 0 Å². The van der Waals surface area contributed by atoms with Crippen LogP contribution in [0.3, 0.4) is 0 Å². The molecule has 0 heterocycles. The van der Waals surface area contributed by atoms with Crippen molar-refractivity contribution in [2.24, 2.45) is 0 Å². The van der Waals surface area contributed by atoms with Gasteiger partial charge in [0.2, 0.25) is 0 Å². The largest absolute Gasteiger partial charge is 0.493 e. The highest BCUT2D eigenvalue weighted by Gasteiger charge is 2.13. The summed E-state index contributed by atoms with van der Waals surface area (Å²) in [6.07, 6.45) is 0. The second-order valence-corrected chi connectivity index (χ2v) is 5.92. The summed E-state index contributed by atoms with van der Waals surface area (Å²) in [6.45, 7) is 4.58. The molecule has 0 aromatic heterocycles. The molecule has 7 heteroatoms. The highest BCUT2D eigenvalue weighted by molar-refractivity contribution is 6.31. The van der Waals surface area contributed by atoms with Gasteiger partial charge in [-0.2, -0.15) is 0 Å². The van der Waals surface area contributed by atoms with Gasteiger partial charge in [-0.3, -0.25) is 0 Å². The van der Waals surface area contributed by atoms with Crippen LogP contribution in [0.5, 0.6) is 11.5 Å². The van der Waals surface area contributed by atoms with Crippen LogP contribution in [0.4, 0.5) is 8.78 Å². The van der Waals surface area contributed by atoms with Crippen LogP contribution in [0.25, 0.3) is 0 Å². The third kappa shape index (κ3) is 5.21. The van der Waals surface area contributed by atoms with Crippen LogP contribution in [0, 0.1) is 11.6 Å². The fourth-order valence-corrected chi connectivity index (χ4v) is 2.52. The molecule has 2 aromatic carbocycles. The predicted molar refractivity (Wildman–Crippen MR) is 93.7 cm³/mol. The number of rotatable bonds is 8. The molecule has 2 rings (SSSR count). The minimum absolute atomic E-state index is 0.0226. The standard InChI is InChI=1S/C18H18Cl2F2O3/c1-3-24-17-7-13(19)15(21)5-11(17)9-23-10-12-6-16(22)14(20)8-18(12)25-4-2/h5-8H,3-4,9-10H2,1-2H3. The van der Waals surface area contributed by atoms with Crippen LogP contribution in [0.2, 0.25) is 10.0 Å². The van der Waals surface area contributed by atoms with Gasteiger partial charge in [0.05, 0.1) is 36.5 Å². The molecule has 0 spiro atoms. The Hall–Kier alpha value is -1.56. The fraction of sp³-hybridized carbons (Fsp3) is 0.333. The highest BCUT2D eigenvalue weighted by atomic mass is 35.5. The van der Waals surface area contributed by atoms with Gasteiger partial charge in [0.15, 0.2) is 0 Å². The number of ether oxygens (including phenoxy) is 3. The SMILES string of the molecule is CCOc1cc(Cl)c(F)cc1COCc1cc(F)c(Cl)cc1OCC. The van der Waals surface area contributed by atoms with Gasteiger partial charge in [-0.1, -0.05) is 23.2 Å². The molecule has 0 saturated carbocycles. The molecule has 136 valence electrons. The minimum Gasteiger partial charge on any atom is -0.493 e. The Kier molecular flexibility index (Phi) is 7.29. The molecule has 0 fully saturated rings. The van der Waals surface area contributed by atoms with Gasteiger partial charge in [0.25, 0.3) is 0 Å². The molecular formula is C18H18Cl2F2O3. The average molecular weight is 391 g/mol. The quantitative estimate of drug-likeness (QED) is 0.571. The van der Waals surface area contributed by atoms with Crippen LogP contribution < -0.4 is 9.47 Å².